The fraction of sp³-hybridized carbons (Fsp3) is 0.217. The first-order valence-electron chi connectivity index (χ1n) is 9.47. The molecule has 0 unspecified atom stereocenters. The van der Waals surface area contributed by atoms with E-state index in [4.69, 9.17) is 4.74 Å². The molecule has 6 heteroatoms. The molecule has 0 radical (unpaired) electrons. The van der Waals surface area contributed by atoms with E-state index in [1.165, 1.54) is 3.57 Å². The minimum absolute atomic E-state index is 0.156. The van der Waals surface area contributed by atoms with Crippen LogP contribution in [-0.2, 0) is 11.2 Å². The molecule has 1 N–H and O–H groups in total. The van der Waals surface area contributed by atoms with Crippen molar-refractivity contribution in [2.45, 2.75) is 27.2 Å². The minimum Gasteiger partial charge on any atom is -0.494 e. The average Bonchev–Trinajstić information content (AvgIpc) is 2.97. The number of hydrogen-bond donors (Lipinski definition) is 1. The fourth-order valence-electron chi connectivity index (χ4n) is 3.19. The molecule has 0 saturated heterocycles. The number of amides is 1. The van der Waals surface area contributed by atoms with Gasteiger partial charge >= 0.3 is 0 Å². The van der Waals surface area contributed by atoms with Crippen LogP contribution in [0, 0.1) is 17.4 Å². The molecule has 1 amide bonds. The van der Waals surface area contributed by atoms with Gasteiger partial charge in [0.05, 0.1) is 24.9 Å². The number of carbonyl (C=O) groups excluding carboxylic acids is 1. The third kappa shape index (κ3) is 5.26. The SMILES string of the molecule is CCOc1ccc(CC(=O)N/N=C\c2cc(C)n(-c3ccccc3I)c2C)cc1. The fourth-order valence-corrected chi connectivity index (χ4v) is 3.82. The van der Waals surface area contributed by atoms with Gasteiger partial charge in [-0.2, -0.15) is 5.10 Å². The molecular weight excluding hydrogens is 477 g/mol. The normalized spacial score (nSPS) is 11.0. The summed E-state index contributed by atoms with van der Waals surface area (Å²) < 4.78 is 8.79. The van der Waals surface area contributed by atoms with Crippen LogP contribution in [0.5, 0.6) is 5.75 Å². The van der Waals surface area contributed by atoms with Gasteiger partial charge in [-0.15, -0.1) is 0 Å². The van der Waals surface area contributed by atoms with Gasteiger partial charge in [0.1, 0.15) is 5.75 Å². The average molecular weight is 501 g/mol. The number of hydrogen-bond acceptors (Lipinski definition) is 3. The lowest BCUT2D eigenvalue weighted by atomic mass is 10.1. The number of para-hydroxylation sites is 1. The van der Waals surface area contributed by atoms with E-state index < -0.39 is 0 Å². The molecule has 3 aromatic rings. The van der Waals surface area contributed by atoms with E-state index >= 15 is 0 Å². The Morgan fingerprint density at radius 2 is 1.90 bits per heavy atom. The topological polar surface area (TPSA) is 55.6 Å². The zero-order chi connectivity index (χ0) is 20.8. The summed E-state index contributed by atoms with van der Waals surface area (Å²) in [4.78, 5) is 12.2. The molecule has 29 heavy (non-hydrogen) atoms. The van der Waals surface area contributed by atoms with E-state index in [2.05, 4.69) is 69.7 Å². The predicted molar refractivity (Wildman–Crippen MR) is 125 cm³/mol. The summed E-state index contributed by atoms with van der Waals surface area (Å²) in [6, 6.07) is 17.8. The zero-order valence-corrected chi connectivity index (χ0v) is 18.9. The quantitative estimate of drug-likeness (QED) is 0.288. The highest BCUT2D eigenvalue weighted by Gasteiger charge is 2.11. The van der Waals surface area contributed by atoms with Gasteiger partial charge in [0.2, 0.25) is 5.91 Å². The van der Waals surface area contributed by atoms with Crippen molar-refractivity contribution in [1.29, 1.82) is 0 Å². The van der Waals surface area contributed by atoms with Crippen molar-refractivity contribution in [2.75, 3.05) is 6.61 Å². The van der Waals surface area contributed by atoms with Crippen LogP contribution in [0.1, 0.15) is 29.4 Å². The number of aryl methyl sites for hydroxylation is 1. The van der Waals surface area contributed by atoms with E-state index in [9.17, 15) is 4.79 Å². The van der Waals surface area contributed by atoms with Gasteiger partial charge in [0.15, 0.2) is 0 Å². The molecule has 3 rings (SSSR count). The Labute approximate surface area is 184 Å². The second-order valence-electron chi connectivity index (χ2n) is 6.66. The summed E-state index contributed by atoms with van der Waals surface area (Å²) in [5, 5.41) is 4.15. The lowest BCUT2D eigenvalue weighted by molar-refractivity contribution is -0.120. The summed E-state index contributed by atoms with van der Waals surface area (Å²) in [5.74, 6) is 0.648. The van der Waals surface area contributed by atoms with Crippen molar-refractivity contribution in [1.82, 2.24) is 9.99 Å². The Morgan fingerprint density at radius 3 is 2.59 bits per heavy atom. The van der Waals surface area contributed by atoms with Crippen LogP contribution < -0.4 is 10.2 Å². The lowest BCUT2D eigenvalue weighted by Gasteiger charge is -2.11. The monoisotopic (exact) mass is 501 g/mol. The molecule has 150 valence electrons. The van der Waals surface area contributed by atoms with Gasteiger partial charge in [-0.05, 0) is 79.3 Å². The molecule has 0 aliphatic carbocycles. The molecule has 0 aliphatic heterocycles. The minimum atomic E-state index is -0.156. The van der Waals surface area contributed by atoms with E-state index in [0.29, 0.717) is 6.61 Å². The van der Waals surface area contributed by atoms with Gasteiger partial charge in [0.25, 0.3) is 0 Å². The Balaban J connectivity index is 1.65. The molecule has 1 aromatic heterocycles. The molecular formula is C23H24IN3O2. The number of carbonyl (C=O) groups is 1. The van der Waals surface area contributed by atoms with Crippen molar-refractivity contribution < 1.29 is 9.53 Å². The molecule has 1 heterocycles. The number of nitrogens with one attached hydrogen (secondary N) is 1. The lowest BCUT2D eigenvalue weighted by Crippen LogP contribution is -2.19. The van der Waals surface area contributed by atoms with Gasteiger partial charge in [-0.1, -0.05) is 24.3 Å². The Bertz CT molecular complexity index is 1020. The summed E-state index contributed by atoms with van der Waals surface area (Å²) in [6.07, 6.45) is 1.97. The highest BCUT2D eigenvalue weighted by Crippen LogP contribution is 2.23. The van der Waals surface area contributed by atoms with Gasteiger partial charge in [-0.25, -0.2) is 5.43 Å². The number of halogens is 1. The number of rotatable bonds is 7. The number of hydrazone groups is 1. The highest BCUT2D eigenvalue weighted by molar-refractivity contribution is 14.1. The summed E-state index contributed by atoms with van der Waals surface area (Å²) in [6.45, 7) is 6.69. The van der Waals surface area contributed by atoms with E-state index in [0.717, 1.165) is 34.0 Å². The second kappa shape index (κ2) is 9.73. The van der Waals surface area contributed by atoms with Gasteiger partial charge in [-0.3, -0.25) is 4.79 Å². The van der Waals surface area contributed by atoms with Crippen molar-refractivity contribution in [2.24, 2.45) is 5.10 Å². The maximum absolute atomic E-state index is 12.2. The zero-order valence-electron chi connectivity index (χ0n) is 16.8. The van der Waals surface area contributed by atoms with E-state index in [1.807, 2.05) is 43.3 Å². The third-order valence-corrected chi connectivity index (χ3v) is 5.47. The smallest absolute Gasteiger partial charge is 0.244 e. The van der Waals surface area contributed by atoms with Crippen molar-refractivity contribution >= 4 is 34.7 Å². The van der Waals surface area contributed by atoms with Crippen LogP contribution in [0.4, 0.5) is 0 Å². The van der Waals surface area contributed by atoms with Crippen molar-refractivity contribution in [3.8, 4) is 11.4 Å². The molecule has 0 fully saturated rings. The van der Waals surface area contributed by atoms with E-state index in [1.54, 1.807) is 6.21 Å². The predicted octanol–water partition coefficient (Wildman–Crippen LogP) is 4.79. The summed E-state index contributed by atoms with van der Waals surface area (Å²) >= 11 is 2.34. The Hall–Kier alpha value is -2.61. The van der Waals surface area contributed by atoms with Crippen LogP contribution in [0.2, 0.25) is 0 Å². The molecule has 0 atom stereocenters. The second-order valence-corrected chi connectivity index (χ2v) is 7.82. The summed E-state index contributed by atoms with van der Waals surface area (Å²) in [7, 11) is 0. The molecule has 5 nitrogen and oxygen atoms in total. The Kier molecular flexibility index (Phi) is 7.09. The first-order valence-corrected chi connectivity index (χ1v) is 10.5. The van der Waals surface area contributed by atoms with Crippen LogP contribution in [0.25, 0.3) is 5.69 Å². The molecule has 0 aliphatic rings. The number of nitrogens with zero attached hydrogens (tertiary/aromatic N) is 2. The summed E-state index contributed by atoms with van der Waals surface area (Å²) in [5.41, 5.74) is 7.85. The van der Waals surface area contributed by atoms with Gasteiger partial charge in [0, 0.05) is 20.5 Å². The van der Waals surface area contributed by atoms with E-state index in [-0.39, 0.29) is 12.3 Å². The van der Waals surface area contributed by atoms with Crippen LogP contribution in [-0.4, -0.2) is 23.3 Å². The van der Waals surface area contributed by atoms with Crippen molar-refractivity contribution in [3.05, 3.63) is 80.7 Å². The maximum atomic E-state index is 12.2. The van der Waals surface area contributed by atoms with Crippen molar-refractivity contribution in [3.63, 3.8) is 0 Å². The highest BCUT2D eigenvalue weighted by atomic mass is 127. The molecule has 0 bridgehead atoms. The maximum Gasteiger partial charge on any atom is 0.244 e. The molecule has 0 saturated carbocycles. The molecule has 0 spiro atoms. The standard InChI is InChI=1S/C23H24IN3O2/c1-4-29-20-11-9-18(10-12-20)14-23(28)26-25-15-19-13-16(2)27(17(19)3)22-8-6-5-7-21(22)24/h5-13,15H,4,14H2,1-3H3,(H,26,28)/b25-15-. The van der Waals surface area contributed by atoms with Crippen LogP contribution in [0.3, 0.4) is 0 Å². The largest absolute Gasteiger partial charge is 0.494 e. The first kappa shape index (κ1) is 21.1. The van der Waals surface area contributed by atoms with Crippen LogP contribution in [0.15, 0.2) is 59.7 Å². The third-order valence-electron chi connectivity index (χ3n) is 4.56. The first-order chi connectivity index (χ1) is 14.0. The van der Waals surface area contributed by atoms with Gasteiger partial charge < -0.3 is 9.30 Å². The number of benzene rings is 2. The Morgan fingerprint density at radius 1 is 1.17 bits per heavy atom. The van der Waals surface area contributed by atoms with Crippen LogP contribution >= 0.6 is 22.6 Å². The molecule has 2 aromatic carbocycles. The number of aromatic nitrogens is 1. The number of ether oxygens (including phenoxy) is 1.